The van der Waals surface area contributed by atoms with Crippen LogP contribution >= 0.6 is 11.8 Å². The molecular formula is C13H16F2N2O2S. The van der Waals surface area contributed by atoms with Gasteiger partial charge in [0.1, 0.15) is 0 Å². The van der Waals surface area contributed by atoms with E-state index in [4.69, 9.17) is 0 Å². The number of carbonyl (C=O) groups excluding carboxylic acids is 2. The molecule has 0 saturated carbocycles. The van der Waals surface area contributed by atoms with Crippen LogP contribution in [0.2, 0.25) is 0 Å². The quantitative estimate of drug-likeness (QED) is 0.813. The predicted molar refractivity (Wildman–Crippen MR) is 73.4 cm³/mol. The molecule has 0 atom stereocenters. The number of likely N-dealkylation sites (N-methyl/N-ethyl adjacent to an activating group) is 1. The molecule has 0 bridgehead atoms. The number of nitrogens with one attached hydrogen (secondary N) is 1. The molecule has 0 fully saturated rings. The molecule has 0 unspecified atom stereocenters. The van der Waals surface area contributed by atoms with Crippen LogP contribution in [0.5, 0.6) is 0 Å². The Labute approximate surface area is 120 Å². The van der Waals surface area contributed by atoms with Crippen LogP contribution in [0.15, 0.2) is 23.1 Å². The van der Waals surface area contributed by atoms with E-state index in [1.54, 1.807) is 14.1 Å². The average molecular weight is 302 g/mol. The Bertz CT molecular complexity index is 495. The highest BCUT2D eigenvalue weighted by Crippen LogP contribution is 2.20. The summed E-state index contributed by atoms with van der Waals surface area (Å²) in [6.45, 7) is -0.0400. The van der Waals surface area contributed by atoms with Gasteiger partial charge in [0.15, 0.2) is 11.6 Å². The van der Waals surface area contributed by atoms with Gasteiger partial charge < -0.3 is 10.2 Å². The standard InChI is InChI=1S/C13H16F2N2O2S/c1-17(2)13(19)8-16-12(18)5-6-20-9-3-4-10(14)11(15)7-9/h3-4,7H,5-6,8H2,1-2H3,(H,16,18). The van der Waals surface area contributed by atoms with Gasteiger partial charge in [0, 0.05) is 31.2 Å². The zero-order valence-electron chi connectivity index (χ0n) is 11.3. The van der Waals surface area contributed by atoms with E-state index in [0.29, 0.717) is 10.6 Å². The molecule has 0 aliphatic rings. The van der Waals surface area contributed by atoms with Crippen molar-refractivity contribution in [1.82, 2.24) is 10.2 Å². The number of amides is 2. The first-order valence-electron chi connectivity index (χ1n) is 5.95. The van der Waals surface area contributed by atoms with Gasteiger partial charge in [-0.25, -0.2) is 8.78 Å². The molecule has 0 aliphatic carbocycles. The summed E-state index contributed by atoms with van der Waals surface area (Å²) in [5, 5.41) is 2.49. The van der Waals surface area contributed by atoms with Crippen LogP contribution in [0.4, 0.5) is 8.78 Å². The fourth-order valence-corrected chi connectivity index (χ4v) is 2.12. The van der Waals surface area contributed by atoms with Crippen LogP contribution < -0.4 is 5.32 Å². The molecule has 1 rings (SSSR count). The van der Waals surface area contributed by atoms with E-state index in [2.05, 4.69) is 5.32 Å². The van der Waals surface area contributed by atoms with Crippen LogP contribution in [-0.2, 0) is 9.59 Å². The summed E-state index contributed by atoms with van der Waals surface area (Å²) in [6, 6.07) is 3.59. The zero-order chi connectivity index (χ0) is 15.1. The Kier molecular flexibility index (Phi) is 6.44. The third kappa shape index (κ3) is 5.56. The van der Waals surface area contributed by atoms with E-state index in [-0.39, 0.29) is 24.8 Å². The molecule has 0 spiro atoms. The highest BCUT2D eigenvalue weighted by atomic mass is 32.2. The number of carbonyl (C=O) groups is 2. The van der Waals surface area contributed by atoms with Gasteiger partial charge in [-0.15, -0.1) is 11.8 Å². The summed E-state index contributed by atoms with van der Waals surface area (Å²) in [5.41, 5.74) is 0. The number of halogens is 2. The first kappa shape index (κ1) is 16.4. The monoisotopic (exact) mass is 302 g/mol. The Balaban J connectivity index is 2.28. The maximum absolute atomic E-state index is 12.9. The second kappa shape index (κ2) is 7.84. The molecule has 1 N–H and O–H groups in total. The Morgan fingerprint density at radius 2 is 1.95 bits per heavy atom. The largest absolute Gasteiger partial charge is 0.347 e. The summed E-state index contributed by atoms with van der Waals surface area (Å²) in [5.74, 6) is -1.82. The third-order valence-electron chi connectivity index (χ3n) is 2.42. The summed E-state index contributed by atoms with van der Waals surface area (Å²) in [7, 11) is 3.21. The number of benzene rings is 1. The van der Waals surface area contributed by atoms with Gasteiger partial charge >= 0.3 is 0 Å². The van der Waals surface area contributed by atoms with Gasteiger partial charge in [-0.3, -0.25) is 9.59 Å². The Hall–Kier alpha value is -1.63. The molecular weight excluding hydrogens is 286 g/mol. The smallest absolute Gasteiger partial charge is 0.241 e. The van der Waals surface area contributed by atoms with Crippen molar-refractivity contribution in [3.05, 3.63) is 29.8 Å². The number of hydrogen-bond acceptors (Lipinski definition) is 3. The van der Waals surface area contributed by atoms with Gasteiger partial charge in [-0.1, -0.05) is 0 Å². The minimum absolute atomic E-state index is 0.0400. The first-order chi connectivity index (χ1) is 9.40. The summed E-state index contributed by atoms with van der Waals surface area (Å²) >= 11 is 1.25. The molecule has 0 radical (unpaired) electrons. The van der Waals surface area contributed by atoms with Gasteiger partial charge in [-0.05, 0) is 18.2 Å². The van der Waals surface area contributed by atoms with Crippen molar-refractivity contribution >= 4 is 23.6 Å². The minimum atomic E-state index is -0.906. The van der Waals surface area contributed by atoms with E-state index >= 15 is 0 Å². The molecule has 7 heteroatoms. The van der Waals surface area contributed by atoms with Crippen molar-refractivity contribution in [2.24, 2.45) is 0 Å². The highest BCUT2D eigenvalue weighted by Gasteiger charge is 2.08. The van der Waals surface area contributed by atoms with Crippen molar-refractivity contribution in [3.8, 4) is 0 Å². The van der Waals surface area contributed by atoms with Gasteiger partial charge in [0.2, 0.25) is 11.8 Å². The van der Waals surface area contributed by atoms with Crippen molar-refractivity contribution in [2.45, 2.75) is 11.3 Å². The summed E-state index contributed by atoms with van der Waals surface area (Å²) < 4.78 is 25.6. The van der Waals surface area contributed by atoms with E-state index in [1.165, 1.54) is 22.7 Å². The third-order valence-corrected chi connectivity index (χ3v) is 3.42. The Morgan fingerprint density at radius 1 is 1.25 bits per heavy atom. The number of hydrogen-bond donors (Lipinski definition) is 1. The molecule has 1 aromatic rings. The SMILES string of the molecule is CN(C)C(=O)CNC(=O)CCSc1ccc(F)c(F)c1. The first-order valence-corrected chi connectivity index (χ1v) is 6.93. The molecule has 0 saturated heterocycles. The molecule has 2 amide bonds. The van der Waals surface area contributed by atoms with E-state index in [9.17, 15) is 18.4 Å². The number of thioether (sulfide) groups is 1. The summed E-state index contributed by atoms with van der Waals surface area (Å²) in [4.78, 5) is 24.6. The molecule has 0 aromatic heterocycles. The van der Waals surface area contributed by atoms with Crippen molar-refractivity contribution in [2.75, 3.05) is 26.4 Å². The van der Waals surface area contributed by atoms with Crippen LogP contribution in [0.3, 0.4) is 0 Å². The minimum Gasteiger partial charge on any atom is -0.347 e. The molecule has 20 heavy (non-hydrogen) atoms. The predicted octanol–water partition coefficient (Wildman–Crippen LogP) is 1.65. The fraction of sp³-hybridized carbons (Fsp3) is 0.385. The molecule has 1 aromatic carbocycles. The molecule has 4 nitrogen and oxygen atoms in total. The van der Waals surface area contributed by atoms with Crippen LogP contribution in [0.1, 0.15) is 6.42 Å². The normalized spacial score (nSPS) is 10.2. The maximum atomic E-state index is 12.9. The second-order valence-corrected chi connectivity index (χ2v) is 5.41. The second-order valence-electron chi connectivity index (χ2n) is 4.24. The number of nitrogens with zero attached hydrogens (tertiary/aromatic N) is 1. The van der Waals surface area contributed by atoms with Crippen molar-refractivity contribution < 1.29 is 18.4 Å². The zero-order valence-corrected chi connectivity index (χ0v) is 12.1. The van der Waals surface area contributed by atoms with Gasteiger partial charge in [-0.2, -0.15) is 0 Å². The lowest BCUT2D eigenvalue weighted by Crippen LogP contribution is -2.36. The van der Waals surface area contributed by atoms with E-state index < -0.39 is 11.6 Å². The van der Waals surface area contributed by atoms with Crippen LogP contribution in [0.25, 0.3) is 0 Å². The fourth-order valence-electron chi connectivity index (χ4n) is 1.25. The Morgan fingerprint density at radius 3 is 2.55 bits per heavy atom. The maximum Gasteiger partial charge on any atom is 0.241 e. The highest BCUT2D eigenvalue weighted by molar-refractivity contribution is 7.99. The van der Waals surface area contributed by atoms with Gasteiger partial charge in [0.05, 0.1) is 6.54 Å². The van der Waals surface area contributed by atoms with E-state index in [0.717, 1.165) is 12.1 Å². The van der Waals surface area contributed by atoms with Crippen LogP contribution in [0, 0.1) is 11.6 Å². The van der Waals surface area contributed by atoms with Gasteiger partial charge in [0.25, 0.3) is 0 Å². The van der Waals surface area contributed by atoms with Crippen molar-refractivity contribution in [1.29, 1.82) is 0 Å². The van der Waals surface area contributed by atoms with Crippen molar-refractivity contribution in [3.63, 3.8) is 0 Å². The summed E-state index contributed by atoms with van der Waals surface area (Å²) in [6.07, 6.45) is 0.199. The molecule has 0 heterocycles. The lowest BCUT2D eigenvalue weighted by molar-refractivity contribution is -0.130. The molecule has 110 valence electrons. The number of rotatable bonds is 6. The molecule has 0 aliphatic heterocycles. The topological polar surface area (TPSA) is 49.4 Å². The van der Waals surface area contributed by atoms with E-state index in [1.807, 2.05) is 0 Å². The lowest BCUT2D eigenvalue weighted by Gasteiger charge is -2.10. The average Bonchev–Trinajstić information content (AvgIpc) is 2.40. The lowest BCUT2D eigenvalue weighted by atomic mass is 10.3. The van der Waals surface area contributed by atoms with Crippen LogP contribution in [-0.4, -0.2) is 43.1 Å².